The largest absolute Gasteiger partial charge is 2.00 e. The maximum absolute atomic E-state index is 11.1. The van der Waals surface area contributed by atoms with E-state index in [1.807, 2.05) is 0 Å². The summed E-state index contributed by atoms with van der Waals surface area (Å²) in [4.78, 5) is 26.9. The van der Waals surface area contributed by atoms with Crippen LogP contribution in [0.2, 0.25) is 0 Å². The molecule has 12 nitrogen and oxygen atoms in total. The minimum Gasteiger partial charge on any atom is -0.863 e. The first-order valence-corrected chi connectivity index (χ1v) is 3.75. The van der Waals surface area contributed by atoms with E-state index in [2.05, 4.69) is 0 Å². The van der Waals surface area contributed by atoms with Crippen LogP contribution in [0.1, 0.15) is 0 Å². The van der Waals surface area contributed by atoms with Gasteiger partial charge in [0.15, 0.2) is 0 Å². The molecule has 0 aliphatic rings. The Morgan fingerprint density at radius 2 is 1.11 bits per heavy atom. The molecule has 13 heteroatoms. The first kappa shape index (κ1) is 19.9. The first-order valence-electron chi connectivity index (χ1n) is 3.75. The summed E-state index contributed by atoms with van der Waals surface area (Å²) < 4.78 is 0. The molecule has 2 N–H and O–H groups in total. The molecule has 0 amide bonds. The van der Waals surface area contributed by atoms with Gasteiger partial charge in [-0.05, 0) is 0 Å². The molecule has 0 heterocycles. The number of hydrogen-bond donors (Lipinski definition) is 0. The number of nitro groups is 3. The van der Waals surface area contributed by atoms with E-state index < -0.39 is 43.3 Å². The number of nitrogens with zero attached hydrogens (tertiary/aromatic N) is 3. The van der Waals surface area contributed by atoms with Crippen LogP contribution in [0.5, 0.6) is 11.5 Å². The zero-order valence-corrected chi connectivity index (χ0v) is 13.3. The van der Waals surface area contributed by atoms with Crippen LogP contribution in [0, 0.1) is 30.3 Å². The Labute approximate surface area is 143 Å². The van der Waals surface area contributed by atoms with Gasteiger partial charge in [-0.1, -0.05) is 0 Å². The monoisotopic (exact) mass is 399 g/mol. The molecular weight excluding hydrogens is 395 g/mol. The number of rotatable bonds is 3. The predicted octanol–water partition coefficient (Wildman–Crippen LogP) is -1.65. The summed E-state index contributed by atoms with van der Waals surface area (Å²) in [6, 6.07) is 0.109. The van der Waals surface area contributed by atoms with Crippen molar-refractivity contribution in [3.05, 3.63) is 36.4 Å². The zero-order chi connectivity index (χ0) is 13.3. The maximum Gasteiger partial charge on any atom is 2.00 e. The molecule has 0 fully saturated rings. The third-order valence-corrected chi connectivity index (χ3v) is 1.74. The van der Waals surface area contributed by atoms with Crippen molar-refractivity contribution < 1.29 is 30.5 Å². The smallest absolute Gasteiger partial charge is 0.863 e. The number of hydrogen-bond acceptors (Lipinski definition) is 8. The van der Waals surface area contributed by atoms with Gasteiger partial charge in [0.05, 0.1) is 32.3 Å². The van der Waals surface area contributed by atoms with E-state index in [0.717, 1.165) is 0 Å². The summed E-state index contributed by atoms with van der Waals surface area (Å²) >= 11 is 0. The summed E-state index contributed by atoms with van der Waals surface area (Å²) in [5.41, 5.74) is -4.48. The molecule has 0 atom stereocenters. The van der Waals surface area contributed by atoms with Gasteiger partial charge in [0.2, 0.25) is 0 Å². The Hall–Kier alpha value is -1.45. The molecule has 19 heavy (non-hydrogen) atoms. The van der Waals surface area contributed by atoms with Gasteiger partial charge < -0.3 is 15.7 Å². The summed E-state index contributed by atoms with van der Waals surface area (Å²) in [5, 5.41) is 53.3. The second kappa shape index (κ2) is 7.22. The van der Waals surface area contributed by atoms with Gasteiger partial charge in [-0.2, -0.15) is 0 Å². The Balaban J connectivity index is 0. The minimum absolute atomic E-state index is 0. The molecule has 98 valence electrons. The van der Waals surface area contributed by atoms with Gasteiger partial charge >= 0.3 is 48.9 Å². The quantitative estimate of drug-likeness (QED) is 0.326. The second-order valence-electron chi connectivity index (χ2n) is 2.69. The SMILES string of the molecule is O.O=[N+]([O-])c1cc([N+](=O)[O-])c([O-])c([N+](=O)[O-])c1[O-].[Ba+2]. The molecule has 0 saturated carbocycles. The van der Waals surface area contributed by atoms with Crippen molar-refractivity contribution in [2.75, 3.05) is 0 Å². The molecule has 1 aromatic rings. The minimum atomic E-state index is -1.75. The van der Waals surface area contributed by atoms with Gasteiger partial charge in [0, 0.05) is 0 Å². The fraction of sp³-hybridized carbons (Fsp3) is 0. The predicted molar refractivity (Wildman–Crippen MR) is 54.7 cm³/mol. The van der Waals surface area contributed by atoms with E-state index in [1.165, 1.54) is 0 Å². The third kappa shape index (κ3) is 3.75. The molecule has 0 unspecified atom stereocenters. The van der Waals surface area contributed by atoms with E-state index in [9.17, 15) is 40.6 Å². The van der Waals surface area contributed by atoms with Crippen molar-refractivity contribution >= 4 is 65.9 Å². The fourth-order valence-electron chi connectivity index (χ4n) is 1.04. The van der Waals surface area contributed by atoms with Crippen LogP contribution >= 0.6 is 0 Å². The van der Waals surface area contributed by atoms with Crippen molar-refractivity contribution in [3.63, 3.8) is 0 Å². The Morgan fingerprint density at radius 3 is 1.32 bits per heavy atom. The second-order valence-corrected chi connectivity index (χ2v) is 2.69. The molecule has 0 aromatic heterocycles. The Kier molecular flexibility index (Phi) is 7.55. The number of nitro benzene ring substituents is 3. The molecule has 0 saturated heterocycles. The maximum atomic E-state index is 11.1. The number of benzene rings is 1. The molecule has 0 aliphatic carbocycles. The van der Waals surface area contributed by atoms with Crippen LogP contribution < -0.4 is 10.2 Å². The molecule has 0 radical (unpaired) electrons. The molecule has 0 spiro atoms. The van der Waals surface area contributed by atoms with E-state index in [0.29, 0.717) is 0 Å². The van der Waals surface area contributed by atoms with Gasteiger partial charge in [-0.15, -0.1) is 0 Å². The van der Waals surface area contributed by atoms with Crippen LogP contribution in [-0.2, 0) is 0 Å². The van der Waals surface area contributed by atoms with Crippen molar-refractivity contribution in [3.8, 4) is 11.5 Å². The molecule has 1 aromatic carbocycles. The summed E-state index contributed by atoms with van der Waals surface area (Å²) in [7, 11) is 0. The molecule has 1 rings (SSSR count). The van der Waals surface area contributed by atoms with Crippen molar-refractivity contribution in [1.29, 1.82) is 0 Å². The van der Waals surface area contributed by atoms with Gasteiger partial charge in [0.25, 0.3) is 17.1 Å². The molecular formula is C6H3BaN3O9. The molecule has 0 aliphatic heterocycles. The zero-order valence-electron chi connectivity index (χ0n) is 8.89. The van der Waals surface area contributed by atoms with Crippen molar-refractivity contribution in [2.45, 2.75) is 0 Å². The normalized spacial score (nSPS) is 8.84. The standard InChI is InChI=1S/C6H3N3O8.Ba.H2O/c10-5-2(7(12)13)1-3(8(14)15)6(11)4(5)9(16)17;;/h1,10-11H;;1H2/q;+2;/p-2. The average molecular weight is 398 g/mol. The van der Waals surface area contributed by atoms with Crippen LogP contribution in [0.4, 0.5) is 17.1 Å². The van der Waals surface area contributed by atoms with Gasteiger partial charge in [-0.3, -0.25) is 30.3 Å². The topological polar surface area (TPSA) is 207 Å². The summed E-state index contributed by atoms with van der Waals surface area (Å²) in [6.45, 7) is 0. The first-order chi connectivity index (χ1) is 7.77. The summed E-state index contributed by atoms with van der Waals surface area (Å²) in [5.74, 6) is -3.51. The van der Waals surface area contributed by atoms with Gasteiger partial charge in [0.1, 0.15) is 0 Å². The third-order valence-electron chi connectivity index (χ3n) is 1.74. The van der Waals surface area contributed by atoms with Crippen LogP contribution in [0.15, 0.2) is 6.07 Å². The van der Waals surface area contributed by atoms with Crippen molar-refractivity contribution in [2.24, 2.45) is 0 Å². The van der Waals surface area contributed by atoms with E-state index in [1.54, 1.807) is 0 Å². The van der Waals surface area contributed by atoms with E-state index in [-0.39, 0.29) is 60.4 Å². The Bertz CT molecular complexity index is 507. The van der Waals surface area contributed by atoms with E-state index in [4.69, 9.17) is 0 Å². The van der Waals surface area contributed by atoms with Crippen LogP contribution in [-0.4, -0.2) is 69.1 Å². The summed E-state index contributed by atoms with van der Waals surface area (Å²) in [6.07, 6.45) is 0. The Morgan fingerprint density at radius 1 is 0.789 bits per heavy atom. The average Bonchev–Trinajstić information content (AvgIpc) is 2.15. The van der Waals surface area contributed by atoms with Gasteiger partial charge in [-0.25, -0.2) is 0 Å². The van der Waals surface area contributed by atoms with E-state index >= 15 is 0 Å². The molecule has 0 bridgehead atoms. The fourth-order valence-corrected chi connectivity index (χ4v) is 1.04. The van der Waals surface area contributed by atoms with Crippen LogP contribution in [0.3, 0.4) is 0 Å². The van der Waals surface area contributed by atoms with Crippen LogP contribution in [0.25, 0.3) is 0 Å². The van der Waals surface area contributed by atoms with Crippen molar-refractivity contribution in [1.82, 2.24) is 0 Å².